The fourth-order valence-electron chi connectivity index (χ4n) is 2.37. The molecule has 0 aliphatic heterocycles. The number of carbonyl (C=O) groups is 1. The molecule has 0 unspecified atom stereocenters. The van der Waals surface area contributed by atoms with Gasteiger partial charge in [0.15, 0.2) is 0 Å². The number of imidazole rings is 1. The van der Waals surface area contributed by atoms with E-state index >= 15 is 0 Å². The van der Waals surface area contributed by atoms with Crippen molar-refractivity contribution in [3.8, 4) is 0 Å². The van der Waals surface area contributed by atoms with Gasteiger partial charge < -0.3 is 9.67 Å². The highest BCUT2D eigenvalue weighted by Crippen LogP contribution is 2.23. The molecule has 0 bridgehead atoms. The fraction of sp³-hybridized carbons (Fsp3) is 0.200. The van der Waals surface area contributed by atoms with Crippen LogP contribution < -0.4 is 0 Å². The third-order valence-corrected chi connectivity index (χ3v) is 4.69. The maximum absolute atomic E-state index is 11.0. The summed E-state index contributed by atoms with van der Waals surface area (Å²) in [6, 6.07) is 8.98. The minimum Gasteiger partial charge on any atom is -0.478 e. The van der Waals surface area contributed by atoms with Gasteiger partial charge in [-0.25, -0.2) is 9.78 Å². The molecule has 1 N–H and O–H groups in total. The van der Waals surface area contributed by atoms with Gasteiger partial charge in [0.25, 0.3) is 0 Å². The lowest BCUT2D eigenvalue weighted by Gasteiger charge is -2.05. The summed E-state index contributed by atoms with van der Waals surface area (Å²) >= 11 is 7.52. The highest BCUT2D eigenvalue weighted by atomic mass is 35.5. The van der Waals surface area contributed by atoms with Crippen molar-refractivity contribution in [2.75, 3.05) is 0 Å². The van der Waals surface area contributed by atoms with Crippen molar-refractivity contribution in [3.63, 3.8) is 0 Å². The van der Waals surface area contributed by atoms with E-state index in [4.69, 9.17) is 16.7 Å². The summed E-state index contributed by atoms with van der Waals surface area (Å²) in [5.41, 5.74) is 1.94. The minimum atomic E-state index is -0.933. The summed E-state index contributed by atoms with van der Waals surface area (Å²) in [6.07, 6.45) is 0.879. The number of carboxylic acid groups (broad SMARTS) is 1. The van der Waals surface area contributed by atoms with Crippen molar-refractivity contribution in [3.05, 3.63) is 50.9 Å². The first-order valence-electron chi connectivity index (χ1n) is 6.49. The third-order valence-electron chi connectivity index (χ3n) is 3.40. The average molecular weight is 321 g/mol. The number of aromatic carboxylic acids is 1. The van der Waals surface area contributed by atoms with Gasteiger partial charge in [-0.2, -0.15) is 0 Å². The third kappa shape index (κ3) is 2.80. The topological polar surface area (TPSA) is 55.1 Å². The first-order chi connectivity index (χ1) is 10.0. The predicted octanol–water partition coefficient (Wildman–Crippen LogP) is 4.00. The van der Waals surface area contributed by atoms with E-state index in [2.05, 4.69) is 9.55 Å². The Morgan fingerprint density at radius 3 is 2.86 bits per heavy atom. The van der Waals surface area contributed by atoms with Gasteiger partial charge in [-0.1, -0.05) is 11.6 Å². The smallest absolute Gasteiger partial charge is 0.335 e. The van der Waals surface area contributed by atoms with Crippen LogP contribution in [0.25, 0.3) is 11.0 Å². The Kier molecular flexibility index (Phi) is 3.69. The molecule has 0 amide bonds. The van der Waals surface area contributed by atoms with Crippen molar-refractivity contribution < 1.29 is 9.90 Å². The molecule has 6 heteroatoms. The summed E-state index contributed by atoms with van der Waals surface area (Å²) < 4.78 is 2.90. The number of rotatable bonds is 4. The van der Waals surface area contributed by atoms with Crippen LogP contribution in [-0.4, -0.2) is 20.6 Å². The number of carboxylic acids is 1. The number of aromatic nitrogens is 2. The van der Waals surface area contributed by atoms with Crippen LogP contribution in [-0.2, 0) is 13.0 Å². The number of thiophene rings is 1. The Balaban J connectivity index is 1.91. The molecule has 0 atom stereocenters. The summed E-state index contributed by atoms with van der Waals surface area (Å²) in [5.74, 6) is -0.0486. The number of fused-ring (bicyclic) bond motifs is 1. The second kappa shape index (κ2) is 5.50. The van der Waals surface area contributed by atoms with Gasteiger partial charge in [-0.05, 0) is 43.7 Å². The maximum atomic E-state index is 11.0. The van der Waals surface area contributed by atoms with Crippen molar-refractivity contribution >= 4 is 39.9 Å². The summed E-state index contributed by atoms with van der Waals surface area (Å²) in [4.78, 5) is 16.7. The Morgan fingerprint density at radius 2 is 2.19 bits per heavy atom. The predicted molar refractivity (Wildman–Crippen MR) is 84.5 cm³/mol. The molecular formula is C15H13ClN2O2S. The van der Waals surface area contributed by atoms with Gasteiger partial charge in [-0.15, -0.1) is 11.3 Å². The van der Waals surface area contributed by atoms with Gasteiger partial charge in [0, 0.05) is 11.4 Å². The molecular weight excluding hydrogens is 308 g/mol. The molecule has 0 aliphatic rings. The fourth-order valence-corrected chi connectivity index (χ4v) is 3.45. The van der Waals surface area contributed by atoms with E-state index in [1.54, 1.807) is 23.5 Å². The largest absolute Gasteiger partial charge is 0.478 e. The molecule has 3 aromatic rings. The van der Waals surface area contributed by atoms with Crippen LogP contribution in [0.3, 0.4) is 0 Å². The maximum Gasteiger partial charge on any atom is 0.335 e. The number of nitrogens with zero attached hydrogens (tertiary/aromatic N) is 2. The minimum absolute atomic E-state index is 0.261. The average Bonchev–Trinajstić information content (AvgIpc) is 2.98. The molecule has 108 valence electrons. The summed E-state index contributed by atoms with van der Waals surface area (Å²) in [7, 11) is 0. The Bertz CT molecular complexity index is 822. The van der Waals surface area contributed by atoms with Crippen LogP contribution in [0.15, 0.2) is 30.3 Å². The molecule has 0 saturated carbocycles. The lowest BCUT2D eigenvalue weighted by atomic mass is 10.2. The zero-order valence-electron chi connectivity index (χ0n) is 11.3. The number of benzene rings is 1. The van der Waals surface area contributed by atoms with Gasteiger partial charge in [0.2, 0.25) is 0 Å². The lowest BCUT2D eigenvalue weighted by Crippen LogP contribution is -2.02. The van der Waals surface area contributed by atoms with Crippen LogP contribution in [0, 0.1) is 6.92 Å². The monoisotopic (exact) mass is 320 g/mol. The second-order valence-corrected chi connectivity index (χ2v) is 6.57. The van der Waals surface area contributed by atoms with Crippen LogP contribution >= 0.6 is 22.9 Å². The van der Waals surface area contributed by atoms with Crippen LogP contribution in [0.4, 0.5) is 0 Å². The first-order valence-corrected chi connectivity index (χ1v) is 7.68. The molecule has 4 nitrogen and oxygen atoms in total. The standard InChI is InChI=1S/C15H13ClN2O2S/c1-9-17-12-8-10(15(19)20)2-4-13(12)18(9)7-6-11-3-5-14(16)21-11/h2-5,8H,6-7H2,1H3,(H,19,20). The van der Waals surface area contributed by atoms with E-state index < -0.39 is 5.97 Å². The Hall–Kier alpha value is -1.85. The SMILES string of the molecule is Cc1nc2cc(C(=O)O)ccc2n1CCc1ccc(Cl)s1. The molecule has 0 spiro atoms. The molecule has 21 heavy (non-hydrogen) atoms. The highest BCUT2D eigenvalue weighted by Gasteiger charge is 2.11. The van der Waals surface area contributed by atoms with Crippen LogP contribution in [0.5, 0.6) is 0 Å². The number of aryl methyl sites for hydroxylation is 3. The lowest BCUT2D eigenvalue weighted by molar-refractivity contribution is 0.0697. The molecule has 0 fully saturated rings. The van der Waals surface area contributed by atoms with Gasteiger partial charge in [-0.3, -0.25) is 0 Å². The summed E-state index contributed by atoms with van der Waals surface area (Å²) in [6.45, 7) is 2.73. The van der Waals surface area contributed by atoms with Gasteiger partial charge in [0.05, 0.1) is 20.9 Å². The van der Waals surface area contributed by atoms with E-state index in [9.17, 15) is 4.79 Å². The Morgan fingerprint density at radius 1 is 1.38 bits per heavy atom. The number of hydrogen-bond acceptors (Lipinski definition) is 3. The molecule has 2 heterocycles. The van der Waals surface area contributed by atoms with Crippen molar-refractivity contribution in [1.82, 2.24) is 9.55 Å². The normalized spacial score (nSPS) is 11.1. The molecule has 2 aromatic heterocycles. The molecule has 0 saturated heterocycles. The quantitative estimate of drug-likeness (QED) is 0.790. The first kappa shape index (κ1) is 14.1. The van der Waals surface area contributed by atoms with Crippen molar-refractivity contribution in [2.45, 2.75) is 19.9 Å². The number of halogens is 1. The Labute approximate surface area is 130 Å². The van der Waals surface area contributed by atoms with E-state index in [1.165, 1.54) is 4.88 Å². The van der Waals surface area contributed by atoms with E-state index in [1.807, 2.05) is 25.1 Å². The van der Waals surface area contributed by atoms with E-state index in [0.29, 0.717) is 0 Å². The number of hydrogen-bond donors (Lipinski definition) is 1. The summed E-state index contributed by atoms with van der Waals surface area (Å²) in [5, 5.41) is 9.03. The van der Waals surface area contributed by atoms with Crippen LogP contribution in [0.1, 0.15) is 21.1 Å². The van der Waals surface area contributed by atoms with Gasteiger partial charge in [0.1, 0.15) is 5.82 Å². The van der Waals surface area contributed by atoms with Gasteiger partial charge >= 0.3 is 5.97 Å². The zero-order valence-corrected chi connectivity index (χ0v) is 12.9. The molecule has 0 radical (unpaired) electrons. The second-order valence-electron chi connectivity index (χ2n) is 4.78. The van der Waals surface area contributed by atoms with Crippen molar-refractivity contribution in [2.24, 2.45) is 0 Å². The van der Waals surface area contributed by atoms with E-state index in [0.717, 1.165) is 34.2 Å². The van der Waals surface area contributed by atoms with E-state index in [-0.39, 0.29) is 5.56 Å². The highest BCUT2D eigenvalue weighted by molar-refractivity contribution is 7.16. The zero-order chi connectivity index (χ0) is 15.0. The molecule has 3 rings (SSSR count). The molecule has 0 aliphatic carbocycles. The molecule has 1 aromatic carbocycles. The van der Waals surface area contributed by atoms with Crippen molar-refractivity contribution in [1.29, 1.82) is 0 Å². The van der Waals surface area contributed by atoms with Crippen LogP contribution in [0.2, 0.25) is 4.34 Å².